The highest BCUT2D eigenvalue weighted by Crippen LogP contribution is 2.22. The van der Waals surface area contributed by atoms with E-state index in [-0.39, 0.29) is 11.6 Å². The van der Waals surface area contributed by atoms with Gasteiger partial charge >= 0.3 is 5.97 Å². The van der Waals surface area contributed by atoms with E-state index in [2.05, 4.69) is 20.8 Å². The van der Waals surface area contributed by atoms with Gasteiger partial charge in [0.05, 0.1) is 12.7 Å². The van der Waals surface area contributed by atoms with Crippen LogP contribution in [0.3, 0.4) is 0 Å². The highest BCUT2D eigenvalue weighted by molar-refractivity contribution is 6.03. The molecule has 0 bridgehead atoms. The molecule has 0 aliphatic rings. The molecule has 3 aromatic rings. The molecule has 29 heavy (non-hydrogen) atoms. The number of para-hydroxylation sites is 1. The van der Waals surface area contributed by atoms with Crippen molar-refractivity contribution in [3.8, 4) is 0 Å². The fourth-order valence-electron chi connectivity index (χ4n) is 2.89. The molecule has 0 spiro atoms. The number of carbonyl (C=O) groups is 2. The molecule has 0 atom stereocenters. The van der Waals surface area contributed by atoms with Gasteiger partial charge in [-0.3, -0.25) is 4.79 Å². The third-order valence-corrected chi connectivity index (χ3v) is 4.43. The largest absolute Gasteiger partial charge is 0.465 e. The van der Waals surface area contributed by atoms with Crippen molar-refractivity contribution < 1.29 is 14.3 Å². The maximum absolute atomic E-state index is 12.6. The minimum atomic E-state index is -0.422. The average Bonchev–Trinajstić information content (AvgIpc) is 2.75. The number of carbonyl (C=O) groups excluding carboxylic acids is 2. The molecule has 7 nitrogen and oxygen atoms in total. The van der Waals surface area contributed by atoms with Crippen LogP contribution in [0.5, 0.6) is 0 Å². The third kappa shape index (κ3) is 4.76. The van der Waals surface area contributed by atoms with Gasteiger partial charge in [0, 0.05) is 11.4 Å². The van der Waals surface area contributed by atoms with Crippen molar-refractivity contribution in [2.24, 2.45) is 0 Å². The molecular formula is C22H22N4O3. The number of aryl methyl sites for hydroxylation is 2. The number of ether oxygens (including phenoxy) is 1. The minimum Gasteiger partial charge on any atom is -0.465 e. The number of anilines is 3. The van der Waals surface area contributed by atoms with E-state index in [1.54, 1.807) is 36.4 Å². The lowest BCUT2D eigenvalue weighted by Crippen LogP contribution is -2.16. The summed E-state index contributed by atoms with van der Waals surface area (Å²) in [5.41, 5.74) is 4.16. The number of nitrogens with zero attached hydrogens (tertiary/aromatic N) is 2. The van der Waals surface area contributed by atoms with Crippen molar-refractivity contribution in [1.29, 1.82) is 0 Å². The Morgan fingerprint density at radius 1 is 1.03 bits per heavy atom. The smallest absolute Gasteiger partial charge is 0.337 e. The molecular weight excluding hydrogens is 368 g/mol. The maximum Gasteiger partial charge on any atom is 0.337 e. The van der Waals surface area contributed by atoms with E-state index in [9.17, 15) is 9.59 Å². The summed E-state index contributed by atoms with van der Waals surface area (Å²) in [5.74, 6) is -0.288. The molecule has 2 aromatic carbocycles. The molecule has 0 aliphatic heterocycles. The first-order valence-electron chi connectivity index (χ1n) is 9.20. The van der Waals surface area contributed by atoms with Gasteiger partial charge in [-0.15, -0.1) is 10.2 Å². The van der Waals surface area contributed by atoms with Crippen LogP contribution in [0.2, 0.25) is 0 Å². The molecule has 7 heteroatoms. The van der Waals surface area contributed by atoms with Gasteiger partial charge in [0.2, 0.25) is 0 Å². The lowest BCUT2D eigenvalue weighted by molar-refractivity contribution is 0.0600. The van der Waals surface area contributed by atoms with Crippen molar-refractivity contribution in [3.63, 3.8) is 0 Å². The predicted octanol–water partition coefficient (Wildman–Crippen LogP) is 4.13. The fourth-order valence-corrected chi connectivity index (χ4v) is 2.89. The van der Waals surface area contributed by atoms with Crippen LogP contribution in [0.25, 0.3) is 0 Å². The first-order chi connectivity index (χ1) is 14.0. The maximum atomic E-state index is 12.6. The molecule has 0 radical (unpaired) electrons. The molecule has 0 aliphatic carbocycles. The summed E-state index contributed by atoms with van der Waals surface area (Å²) in [7, 11) is 1.33. The van der Waals surface area contributed by atoms with E-state index in [0.29, 0.717) is 17.1 Å². The number of amides is 1. The molecule has 0 fully saturated rings. The Labute approximate surface area is 169 Å². The second-order valence-corrected chi connectivity index (χ2v) is 6.42. The Morgan fingerprint density at radius 2 is 1.83 bits per heavy atom. The molecule has 1 heterocycles. The van der Waals surface area contributed by atoms with Gasteiger partial charge in [0.1, 0.15) is 0 Å². The number of methoxy groups -OCH3 is 1. The van der Waals surface area contributed by atoms with Gasteiger partial charge in [-0.2, -0.15) is 0 Å². The zero-order valence-corrected chi connectivity index (χ0v) is 16.5. The fraction of sp³-hybridized carbons (Fsp3) is 0.182. The SMILES string of the molecule is CCc1cccc(C)c1NC(=O)c1ccc(Nc2cccc(C(=O)OC)c2)nn1. The first kappa shape index (κ1) is 20.0. The van der Waals surface area contributed by atoms with Gasteiger partial charge in [0.15, 0.2) is 11.5 Å². The van der Waals surface area contributed by atoms with Gasteiger partial charge in [-0.05, 0) is 54.8 Å². The van der Waals surface area contributed by atoms with Gasteiger partial charge in [-0.25, -0.2) is 4.79 Å². The molecule has 0 saturated heterocycles. The lowest BCUT2D eigenvalue weighted by Gasteiger charge is -2.12. The van der Waals surface area contributed by atoms with Crippen LogP contribution in [0, 0.1) is 6.92 Å². The zero-order chi connectivity index (χ0) is 20.8. The van der Waals surface area contributed by atoms with Crippen LogP contribution >= 0.6 is 0 Å². The number of esters is 1. The summed E-state index contributed by atoms with van der Waals surface area (Å²) in [5, 5.41) is 14.1. The lowest BCUT2D eigenvalue weighted by atomic mass is 10.1. The van der Waals surface area contributed by atoms with Crippen molar-refractivity contribution in [2.45, 2.75) is 20.3 Å². The van der Waals surface area contributed by atoms with Gasteiger partial charge < -0.3 is 15.4 Å². The minimum absolute atomic E-state index is 0.212. The van der Waals surface area contributed by atoms with Crippen molar-refractivity contribution in [3.05, 3.63) is 77.0 Å². The quantitative estimate of drug-likeness (QED) is 0.615. The van der Waals surface area contributed by atoms with Crippen LogP contribution in [0.15, 0.2) is 54.6 Å². The zero-order valence-electron chi connectivity index (χ0n) is 16.5. The number of rotatable bonds is 6. The standard InChI is InChI=1S/C22H22N4O3/c1-4-15-8-5-7-14(2)20(15)24-21(27)18-11-12-19(26-25-18)23-17-10-6-9-16(13-17)22(28)29-3/h5-13H,4H2,1-3H3,(H,23,26)(H,24,27). The summed E-state index contributed by atoms with van der Waals surface area (Å²) < 4.78 is 4.72. The van der Waals surface area contributed by atoms with Crippen LogP contribution < -0.4 is 10.6 Å². The Hall–Kier alpha value is -3.74. The second-order valence-electron chi connectivity index (χ2n) is 6.42. The first-order valence-corrected chi connectivity index (χ1v) is 9.20. The summed E-state index contributed by atoms with van der Waals surface area (Å²) in [4.78, 5) is 24.2. The Bertz CT molecular complexity index is 1030. The molecule has 1 aromatic heterocycles. The molecule has 3 rings (SSSR count). The Balaban J connectivity index is 1.72. The summed E-state index contributed by atoms with van der Waals surface area (Å²) in [6, 6.07) is 16.0. The van der Waals surface area contributed by atoms with Gasteiger partial charge in [-0.1, -0.05) is 31.2 Å². The predicted molar refractivity (Wildman–Crippen MR) is 112 cm³/mol. The van der Waals surface area contributed by atoms with Crippen LogP contribution in [0.4, 0.5) is 17.2 Å². The topological polar surface area (TPSA) is 93.2 Å². The highest BCUT2D eigenvalue weighted by atomic mass is 16.5. The number of hydrogen-bond donors (Lipinski definition) is 2. The van der Waals surface area contributed by atoms with E-state index in [0.717, 1.165) is 23.2 Å². The van der Waals surface area contributed by atoms with Crippen LogP contribution in [-0.4, -0.2) is 29.2 Å². The normalized spacial score (nSPS) is 10.3. The Kier molecular flexibility index (Phi) is 6.19. The van der Waals surface area contributed by atoms with E-state index >= 15 is 0 Å². The monoisotopic (exact) mass is 390 g/mol. The van der Waals surface area contributed by atoms with Crippen molar-refractivity contribution in [2.75, 3.05) is 17.7 Å². The van der Waals surface area contributed by atoms with Crippen LogP contribution in [-0.2, 0) is 11.2 Å². The molecule has 1 amide bonds. The molecule has 0 unspecified atom stereocenters. The summed E-state index contributed by atoms with van der Waals surface area (Å²) >= 11 is 0. The van der Waals surface area contributed by atoms with Gasteiger partial charge in [0.25, 0.3) is 5.91 Å². The number of aromatic nitrogens is 2. The third-order valence-electron chi connectivity index (χ3n) is 4.43. The van der Waals surface area contributed by atoms with E-state index in [1.165, 1.54) is 7.11 Å². The van der Waals surface area contributed by atoms with Crippen molar-refractivity contribution >= 4 is 29.1 Å². The summed E-state index contributed by atoms with van der Waals surface area (Å²) in [6.07, 6.45) is 0.816. The highest BCUT2D eigenvalue weighted by Gasteiger charge is 2.13. The van der Waals surface area contributed by atoms with Crippen LogP contribution in [0.1, 0.15) is 38.9 Å². The summed E-state index contributed by atoms with van der Waals surface area (Å²) in [6.45, 7) is 4.00. The number of benzene rings is 2. The second kappa shape index (κ2) is 8.97. The van der Waals surface area contributed by atoms with E-state index in [1.807, 2.05) is 32.0 Å². The van der Waals surface area contributed by atoms with E-state index in [4.69, 9.17) is 4.74 Å². The molecule has 0 saturated carbocycles. The molecule has 2 N–H and O–H groups in total. The Morgan fingerprint density at radius 3 is 2.52 bits per heavy atom. The number of nitrogens with one attached hydrogen (secondary N) is 2. The van der Waals surface area contributed by atoms with Crippen molar-refractivity contribution in [1.82, 2.24) is 10.2 Å². The number of hydrogen-bond acceptors (Lipinski definition) is 6. The molecule has 148 valence electrons. The van der Waals surface area contributed by atoms with E-state index < -0.39 is 5.97 Å². The average molecular weight is 390 g/mol.